The van der Waals surface area contributed by atoms with Crippen LogP contribution in [0.5, 0.6) is 0 Å². The van der Waals surface area contributed by atoms with Crippen LogP contribution in [-0.4, -0.2) is 25.3 Å². The molecule has 0 radical (unpaired) electrons. The summed E-state index contributed by atoms with van der Waals surface area (Å²) in [6.45, 7) is 1.56. The van der Waals surface area contributed by atoms with Crippen molar-refractivity contribution in [2.45, 2.75) is 36.8 Å². The third kappa shape index (κ3) is 4.16. The van der Waals surface area contributed by atoms with Gasteiger partial charge < -0.3 is 4.42 Å². The fourth-order valence-corrected chi connectivity index (χ4v) is 4.67. The second-order valence-corrected chi connectivity index (χ2v) is 10.3. The molecule has 1 saturated carbocycles. The van der Waals surface area contributed by atoms with Crippen LogP contribution in [0, 0.1) is 0 Å². The van der Waals surface area contributed by atoms with Crippen LogP contribution in [0.25, 0.3) is 33.9 Å². The van der Waals surface area contributed by atoms with Crippen LogP contribution in [0.3, 0.4) is 0 Å². The highest BCUT2D eigenvalue weighted by atomic mass is 32.3. The Hall–Kier alpha value is -3.11. The molecule has 0 spiro atoms. The fraction of sp³-hybridized carbons (Fsp3) is 0.261. The lowest BCUT2D eigenvalue weighted by Gasteiger charge is -2.09. The van der Waals surface area contributed by atoms with Crippen LogP contribution >= 0.6 is 0 Å². The highest BCUT2D eigenvalue weighted by Crippen LogP contribution is 2.41. The number of alkyl halides is 3. The number of pyridine rings is 2. The summed E-state index contributed by atoms with van der Waals surface area (Å²) in [5, 5.41) is 0. The van der Waals surface area contributed by atoms with Crippen LogP contribution in [-0.2, 0) is 20.6 Å². The van der Waals surface area contributed by atoms with E-state index in [1.807, 2.05) is 24.3 Å². The number of hydrogen-bond donors (Lipinski definition) is 1. The maximum absolute atomic E-state index is 13.0. The first kappa shape index (κ1) is 21.7. The molecule has 0 amide bonds. The zero-order valence-electron chi connectivity index (χ0n) is 17.5. The molecule has 33 heavy (non-hydrogen) atoms. The van der Waals surface area contributed by atoms with Crippen molar-refractivity contribution in [3.8, 4) is 22.7 Å². The predicted molar refractivity (Wildman–Crippen MR) is 117 cm³/mol. The van der Waals surface area contributed by atoms with Gasteiger partial charge in [0.2, 0.25) is 20.8 Å². The van der Waals surface area contributed by atoms with Gasteiger partial charge >= 0.3 is 6.18 Å². The average Bonchev–Trinajstić information content (AvgIpc) is 3.56. The van der Waals surface area contributed by atoms with Gasteiger partial charge in [-0.15, -0.1) is 0 Å². The summed E-state index contributed by atoms with van der Waals surface area (Å²) in [4.78, 5) is 12.1. The molecule has 0 bridgehead atoms. The Labute approximate surface area is 188 Å². The zero-order valence-corrected chi connectivity index (χ0v) is 18.3. The van der Waals surface area contributed by atoms with E-state index in [1.165, 1.54) is 24.6 Å². The average molecular weight is 474 g/mol. The van der Waals surface area contributed by atoms with Gasteiger partial charge in [-0.2, -0.15) is 17.7 Å². The van der Waals surface area contributed by atoms with Crippen molar-refractivity contribution in [1.82, 2.24) is 15.0 Å². The van der Waals surface area contributed by atoms with Gasteiger partial charge in [0, 0.05) is 24.0 Å². The standard InChI is InChI=1S/C23H18F3N3O3S/c1-2-33(30,31)19-9-16(15-7-5-14(6-8-15)13-3-4-13)11-27-20(19)22-29-18-10-17(23(24,25)26)12-28-21(18)32-22/h5-13H,2-4H2,1H3/p+1. The van der Waals surface area contributed by atoms with Crippen molar-refractivity contribution in [3.63, 3.8) is 0 Å². The maximum atomic E-state index is 13.0. The molecule has 170 valence electrons. The van der Waals surface area contributed by atoms with Gasteiger partial charge in [0.1, 0.15) is 11.3 Å². The topological polar surface area (TPSA) is 89.1 Å². The molecule has 1 atom stereocenters. The van der Waals surface area contributed by atoms with E-state index in [-0.39, 0.29) is 33.5 Å². The molecule has 1 unspecified atom stereocenters. The van der Waals surface area contributed by atoms with E-state index in [2.05, 4.69) is 15.0 Å². The van der Waals surface area contributed by atoms with Gasteiger partial charge in [0.25, 0.3) is 5.89 Å². The molecule has 1 aliphatic rings. The lowest BCUT2D eigenvalue weighted by molar-refractivity contribution is -0.137. The monoisotopic (exact) mass is 474 g/mol. The van der Waals surface area contributed by atoms with E-state index in [0.717, 1.165) is 11.6 Å². The molecule has 3 aromatic heterocycles. The van der Waals surface area contributed by atoms with E-state index in [1.54, 1.807) is 13.0 Å². The Bertz CT molecular complexity index is 1400. The molecule has 4 aromatic rings. The van der Waals surface area contributed by atoms with Crippen molar-refractivity contribution in [2.24, 2.45) is 0 Å². The van der Waals surface area contributed by atoms with E-state index in [4.69, 9.17) is 4.42 Å². The summed E-state index contributed by atoms with van der Waals surface area (Å²) in [5.74, 6) is 0.359. The van der Waals surface area contributed by atoms with E-state index < -0.39 is 22.0 Å². The van der Waals surface area contributed by atoms with Gasteiger partial charge in [-0.3, -0.25) is 0 Å². The second-order valence-electron chi connectivity index (χ2n) is 7.96. The van der Waals surface area contributed by atoms with Gasteiger partial charge in [-0.25, -0.2) is 15.0 Å². The predicted octanol–water partition coefficient (Wildman–Crippen LogP) is 6.20. The summed E-state index contributed by atoms with van der Waals surface area (Å²) in [7, 11) is -3.50. The number of aromatic nitrogens is 3. The fourth-order valence-electron chi connectivity index (χ4n) is 3.61. The van der Waals surface area contributed by atoms with E-state index in [9.17, 15) is 21.9 Å². The Morgan fingerprint density at radius 3 is 2.45 bits per heavy atom. The number of fused-ring (bicyclic) bond motifs is 1. The minimum atomic E-state index is -4.58. The molecule has 1 aliphatic carbocycles. The van der Waals surface area contributed by atoms with E-state index in [0.29, 0.717) is 17.7 Å². The van der Waals surface area contributed by atoms with Gasteiger partial charge in [-0.1, -0.05) is 28.5 Å². The van der Waals surface area contributed by atoms with Crippen LogP contribution in [0.4, 0.5) is 13.2 Å². The molecule has 0 aliphatic heterocycles. The molecule has 3 heterocycles. The Morgan fingerprint density at radius 2 is 1.82 bits per heavy atom. The van der Waals surface area contributed by atoms with Crippen molar-refractivity contribution in [1.29, 1.82) is 0 Å². The summed E-state index contributed by atoms with van der Waals surface area (Å²) in [5.41, 5.74) is 1.53. The first-order valence-electron chi connectivity index (χ1n) is 10.3. The van der Waals surface area contributed by atoms with Gasteiger partial charge in [0.05, 0.1) is 5.56 Å². The van der Waals surface area contributed by atoms with Crippen LogP contribution in [0.1, 0.15) is 36.8 Å². The molecule has 1 aromatic carbocycles. The molecule has 6 nitrogen and oxygen atoms in total. The minimum absolute atomic E-state index is 0.00532. The third-order valence-electron chi connectivity index (χ3n) is 5.66. The molecule has 10 heteroatoms. The number of hydrogen-bond acceptors (Lipinski definition) is 5. The highest BCUT2D eigenvalue weighted by molar-refractivity contribution is 7.97. The number of benzene rings is 1. The summed E-state index contributed by atoms with van der Waals surface area (Å²) in [6.07, 6.45) is -0.0256. The first-order chi connectivity index (χ1) is 15.7. The Balaban J connectivity index is 1.60. The number of oxazole rings is 1. The molecule has 1 N–H and O–H groups in total. The number of halogens is 3. The van der Waals surface area contributed by atoms with Crippen LogP contribution < -0.4 is 0 Å². The normalized spacial score (nSPS) is 16.2. The first-order valence-corrected chi connectivity index (χ1v) is 12.0. The number of nitrogens with zero attached hydrogens (tertiary/aromatic N) is 3. The summed E-state index contributed by atoms with van der Waals surface area (Å²) < 4.78 is 68.1. The lowest BCUT2D eigenvalue weighted by Crippen LogP contribution is -2.14. The van der Waals surface area contributed by atoms with Crippen molar-refractivity contribution >= 4 is 21.4 Å². The smallest absolute Gasteiger partial charge is 0.416 e. The maximum Gasteiger partial charge on any atom is 0.417 e. The molecular formula is C23H19F3N3O3S+. The quantitative estimate of drug-likeness (QED) is 0.347. The van der Waals surface area contributed by atoms with Gasteiger partial charge in [-0.05, 0) is 42.9 Å². The van der Waals surface area contributed by atoms with Crippen LogP contribution in [0.2, 0.25) is 0 Å². The Morgan fingerprint density at radius 1 is 1.09 bits per heavy atom. The minimum Gasteiger partial charge on any atom is -0.416 e. The molecular weight excluding hydrogens is 455 g/mol. The SMILES string of the molecule is CC[S+](=O)(O)c1cc(-c2ccc(C3CC3)cc2)cnc1-c1nc2cc(C(F)(F)F)cnc2o1. The summed E-state index contributed by atoms with van der Waals surface area (Å²) >= 11 is 0. The number of rotatable bonds is 5. The Kier molecular flexibility index (Phi) is 5.09. The van der Waals surface area contributed by atoms with Crippen molar-refractivity contribution < 1.29 is 26.4 Å². The van der Waals surface area contributed by atoms with Gasteiger partial charge in [0.15, 0.2) is 5.69 Å². The van der Waals surface area contributed by atoms with E-state index >= 15 is 0 Å². The summed E-state index contributed by atoms with van der Waals surface area (Å²) in [6, 6.07) is 10.4. The lowest BCUT2D eigenvalue weighted by atomic mass is 10.0. The molecule has 5 rings (SSSR count). The van der Waals surface area contributed by atoms with Crippen LogP contribution in [0.15, 0.2) is 58.1 Å². The third-order valence-corrected chi connectivity index (χ3v) is 7.44. The van der Waals surface area contributed by atoms with Crippen molar-refractivity contribution in [2.75, 3.05) is 5.75 Å². The molecule has 1 fully saturated rings. The molecule has 0 saturated heterocycles. The zero-order chi connectivity index (χ0) is 23.4. The largest absolute Gasteiger partial charge is 0.417 e. The highest BCUT2D eigenvalue weighted by Gasteiger charge is 2.35. The van der Waals surface area contributed by atoms with Crippen molar-refractivity contribution in [3.05, 3.63) is 59.9 Å². The second kappa shape index (κ2) is 7.74.